The number of nitrogens with one attached hydrogen (secondary N) is 1. The number of aromatic nitrogens is 1. The predicted octanol–water partition coefficient (Wildman–Crippen LogP) is 3.20. The van der Waals surface area contributed by atoms with E-state index in [1.807, 2.05) is 0 Å². The molecule has 12 heteroatoms. The van der Waals surface area contributed by atoms with Crippen LogP contribution in [0.4, 0.5) is 13.2 Å². The molecule has 3 heterocycles. The molecule has 3 unspecified atom stereocenters. The van der Waals surface area contributed by atoms with Crippen molar-refractivity contribution in [2.24, 2.45) is 4.99 Å². The Kier molecular flexibility index (Phi) is 7.56. The van der Waals surface area contributed by atoms with Gasteiger partial charge in [-0.1, -0.05) is 17.7 Å². The van der Waals surface area contributed by atoms with Crippen LogP contribution in [-0.2, 0) is 9.53 Å². The van der Waals surface area contributed by atoms with Crippen molar-refractivity contribution >= 4 is 34.7 Å². The number of aliphatic hydroxyl groups is 1. The summed E-state index contributed by atoms with van der Waals surface area (Å²) in [6.45, 7) is 1.22. The van der Waals surface area contributed by atoms with Crippen LogP contribution >= 0.6 is 22.9 Å². The maximum absolute atomic E-state index is 14.2. The molecule has 0 radical (unpaired) electrons. The molecule has 0 amide bonds. The first kappa shape index (κ1) is 24.6. The summed E-state index contributed by atoms with van der Waals surface area (Å²) in [6, 6.07) is 2.78. The topological polar surface area (TPSA) is 87.0 Å². The summed E-state index contributed by atoms with van der Waals surface area (Å²) in [7, 11) is 0. The zero-order chi connectivity index (χ0) is 24.4. The van der Waals surface area contributed by atoms with E-state index in [1.54, 1.807) is 18.5 Å². The third kappa shape index (κ3) is 5.12. The number of alkyl halides is 2. The summed E-state index contributed by atoms with van der Waals surface area (Å²) in [5, 5.41) is 15.0. The molecular weight excluding hydrogens is 493 g/mol. The van der Waals surface area contributed by atoms with Crippen LogP contribution in [0.5, 0.6) is 0 Å². The number of hydrogen-bond acceptors (Lipinski definition) is 8. The molecule has 0 bridgehead atoms. The number of halogens is 4. The van der Waals surface area contributed by atoms with Gasteiger partial charge in [0.15, 0.2) is 10.8 Å². The SMILES string of the molecule is CCOC(=O)C1=C(CN2CC(F)C(O)C(F)C2)NC(c2nccs2)=NC1c1ccc(F)cc1Cl. The fraction of sp³-hybridized carbons (Fsp3) is 0.409. The minimum atomic E-state index is -1.78. The number of piperidine rings is 1. The molecule has 2 aliphatic rings. The molecule has 34 heavy (non-hydrogen) atoms. The van der Waals surface area contributed by atoms with Crippen LogP contribution in [0.3, 0.4) is 0 Å². The first-order chi connectivity index (χ1) is 16.3. The number of aliphatic imine (C=N–C) groups is 1. The van der Waals surface area contributed by atoms with Gasteiger partial charge < -0.3 is 15.2 Å². The second-order valence-electron chi connectivity index (χ2n) is 7.84. The molecule has 2 aromatic rings. The van der Waals surface area contributed by atoms with E-state index in [1.165, 1.54) is 28.4 Å². The number of benzene rings is 1. The third-order valence-electron chi connectivity index (χ3n) is 5.50. The summed E-state index contributed by atoms with van der Waals surface area (Å²) in [6.07, 6.45) is -3.68. The van der Waals surface area contributed by atoms with Crippen molar-refractivity contribution < 1.29 is 27.8 Å². The van der Waals surface area contributed by atoms with E-state index in [-0.39, 0.29) is 36.8 Å². The molecule has 3 atom stereocenters. The Morgan fingerprint density at radius 1 is 1.35 bits per heavy atom. The summed E-state index contributed by atoms with van der Waals surface area (Å²) < 4.78 is 47.4. The lowest BCUT2D eigenvalue weighted by molar-refractivity contribution is -0.139. The van der Waals surface area contributed by atoms with E-state index in [2.05, 4.69) is 15.3 Å². The maximum atomic E-state index is 14.2. The van der Waals surface area contributed by atoms with Gasteiger partial charge in [-0.25, -0.2) is 22.9 Å². The number of likely N-dealkylation sites (tertiary alicyclic amines) is 1. The monoisotopic (exact) mass is 514 g/mol. The normalized spacial score (nSPS) is 25.6. The van der Waals surface area contributed by atoms with Crippen molar-refractivity contribution in [3.05, 3.63) is 62.5 Å². The standard InChI is InChI=1S/C22H22ClF3N4O3S/c1-2-33-22(32)17-16(10-30-8-14(25)19(31)15(26)9-30)28-20(21-27-5-6-34-21)29-18(17)12-4-3-11(24)7-13(12)23/h3-7,14-15,18-19,31H,2,8-10H2,1H3,(H,28,29). The van der Waals surface area contributed by atoms with Gasteiger partial charge in [0.05, 0.1) is 12.2 Å². The zero-order valence-electron chi connectivity index (χ0n) is 18.1. The van der Waals surface area contributed by atoms with Crippen molar-refractivity contribution in [3.8, 4) is 0 Å². The molecule has 0 aliphatic carbocycles. The van der Waals surface area contributed by atoms with Gasteiger partial charge in [0.1, 0.15) is 30.3 Å². The number of ether oxygens (including phenoxy) is 1. The number of thiazole rings is 1. The number of amidine groups is 1. The predicted molar refractivity (Wildman–Crippen MR) is 122 cm³/mol. The second kappa shape index (κ2) is 10.4. The minimum Gasteiger partial charge on any atom is -0.463 e. The maximum Gasteiger partial charge on any atom is 0.338 e. The molecule has 4 rings (SSSR count). The van der Waals surface area contributed by atoms with Crippen LogP contribution in [-0.4, -0.2) is 71.5 Å². The minimum absolute atomic E-state index is 0.0542. The molecule has 1 aromatic carbocycles. The number of nitrogens with zero attached hydrogens (tertiary/aromatic N) is 3. The van der Waals surface area contributed by atoms with E-state index in [0.717, 1.165) is 6.07 Å². The van der Waals surface area contributed by atoms with Crippen molar-refractivity contribution in [1.82, 2.24) is 15.2 Å². The average molecular weight is 515 g/mol. The van der Waals surface area contributed by atoms with Gasteiger partial charge >= 0.3 is 5.97 Å². The van der Waals surface area contributed by atoms with Gasteiger partial charge in [0.2, 0.25) is 0 Å². The molecule has 0 saturated carbocycles. The van der Waals surface area contributed by atoms with Crippen LogP contribution in [0.2, 0.25) is 5.02 Å². The fourth-order valence-electron chi connectivity index (χ4n) is 3.93. The summed E-state index contributed by atoms with van der Waals surface area (Å²) in [4.78, 5) is 23.4. The molecule has 0 spiro atoms. The largest absolute Gasteiger partial charge is 0.463 e. The Labute approximate surface area is 202 Å². The van der Waals surface area contributed by atoms with Crippen LogP contribution in [0, 0.1) is 5.82 Å². The number of carbonyl (C=O) groups is 1. The molecular formula is C22H22ClF3N4O3S. The molecule has 2 aliphatic heterocycles. The van der Waals surface area contributed by atoms with Gasteiger partial charge in [-0.15, -0.1) is 11.3 Å². The molecule has 1 saturated heterocycles. The molecule has 1 aromatic heterocycles. The highest BCUT2D eigenvalue weighted by Crippen LogP contribution is 2.37. The highest BCUT2D eigenvalue weighted by Gasteiger charge is 2.39. The quantitative estimate of drug-likeness (QED) is 0.576. The molecule has 182 valence electrons. The van der Waals surface area contributed by atoms with E-state index in [9.17, 15) is 23.1 Å². The smallest absolute Gasteiger partial charge is 0.338 e. The van der Waals surface area contributed by atoms with Gasteiger partial charge in [-0.2, -0.15) is 0 Å². The Bertz CT molecular complexity index is 1100. The summed E-state index contributed by atoms with van der Waals surface area (Å²) in [5.74, 6) is -0.916. The number of hydrogen-bond donors (Lipinski definition) is 2. The van der Waals surface area contributed by atoms with Gasteiger partial charge in [0, 0.05) is 47.5 Å². The highest BCUT2D eigenvalue weighted by atomic mass is 35.5. The molecule has 1 fully saturated rings. The van der Waals surface area contributed by atoms with E-state index in [0.29, 0.717) is 22.1 Å². The van der Waals surface area contributed by atoms with Crippen LogP contribution in [0.25, 0.3) is 0 Å². The van der Waals surface area contributed by atoms with E-state index in [4.69, 9.17) is 16.3 Å². The van der Waals surface area contributed by atoms with E-state index < -0.39 is 36.3 Å². The summed E-state index contributed by atoms with van der Waals surface area (Å²) >= 11 is 7.62. The van der Waals surface area contributed by atoms with Crippen LogP contribution in [0.1, 0.15) is 23.5 Å². The number of esters is 1. The van der Waals surface area contributed by atoms with Gasteiger partial charge in [0.25, 0.3) is 0 Å². The Morgan fingerprint density at radius 2 is 2.09 bits per heavy atom. The highest BCUT2D eigenvalue weighted by molar-refractivity contribution is 7.11. The number of aliphatic hydroxyl groups excluding tert-OH is 1. The molecule has 7 nitrogen and oxygen atoms in total. The third-order valence-corrected chi connectivity index (χ3v) is 6.61. The lowest BCUT2D eigenvalue weighted by atomic mass is 9.94. The van der Waals surface area contributed by atoms with Crippen molar-refractivity contribution in [3.63, 3.8) is 0 Å². The Hall–Kier alpha value is -2.47. The number of carbonyl (C=O) groups excluding carboxylic acids is 1. The zero-order valence-corrected chi connectivity index (χ0v) is 19.6. The molecule has 2 N–H and O–H groups in total. The van der Waals surface area contributed by atoms with Crippen LogP contribution < -0.4 is 5.32 Å². The van der Waals surface area contributed by atoms with Gasteiger partial charge in [-0.05, 0) is 19.1 Å². The van der Waals surface area contributed by atoms with Crippen molar-refractivity contribution in [2.75, 3.05) is 26.2 Å². The van der Waals surface area contributed by atoms with Gasteiger partial charge in [-0.3, -0.25) is 9.89 Å². The second-order valence-corrected chi connectivity index (χ2v) is 9.14. The summed E-state index contributed by atoms with van der Waals surface area (Å²) in [5.41, 5.74) is 0.757. The Balaban J connectivity index is 1.80. The van der Waals surface area contributed by atoms with E-state index >= 15 is 0 Å². The lowest BCUT2D eigenvalue weighted by Crippen LogP contribution is -2.53. The first-order valence-electron chi connectivity index (χ1n) is 10.6. The average Bonchev–Trinajstić information content (AvgIpc) is 3.32. The Morgan fingerprint density at radius 3 is 2.71 bits per heavy atom. The first-order valence-corrected chi connectivity index (χ1v) is 11.8. The van der Waals surface area contributed by atoms with Crippen LogP contribution in [0.15, 0.2) is 46.0 Å². The fourth-order valence-corrected chi connectivity index (χ4v) is 4.79. The van der Waals surface area contributed by atoms with Crippen molar-refractivity contribution in [1.29, 1.82) is 0 Å². The number of rotatable bonds is 6. The van der Waals surface area contributed by atoms with Crippen molar-refractivity contribution in [2.45, 2.75) is 31.4 Å². The lowest BCUT2D eigenvalue weighted by Gasteiger charge is -2.36.